The molecule has 0 aliphatic heterocycles. The number of aromatic nitrogens is 2. The van der Waals surface area contributed by atoms with Crippen LogP contribution in [0.5, 0.6) is 5.75 Å². The van der Waals surface area contributed by atoms with Gasteiger partial charge in [0.1, 0.15) is 5.75 Å². The van der Waals surface area contributed by atoms with Crippen molar-refractivity contribution < 1.29 is 9.53 Å². The third-order valence-corrected chi connectivity index (χ3v) is 2.80. The number of nitrogens with zero attached hydrogens (tertiary/aromatic N) is 2. The molecule has 104 valence electrons. The van der Waals surface area contributed by atoms with Crippen molar-refractivity contribution in [1.82, 2.24) is 10.2 Å². The van der Waals surface area contributed by atoms with E-state index in [4.69, 9.17) is 22.2 Å². The van der Waals surface area contributed by atoms with Crippen LogP contribution in [-0.4, -0.2) is 23.2 Å². The average Bonchev–Trinajstić information content (AvgIpc) is 2.49. The van der Waals surface area contributed by atoms with Crippen LogP contribution in [0.1, 0.15) is 10.5 Å². The molecule has 1 heterocycles. The van der Waals surface area contributed by atoms with Crippen LogP contribution in [0, 0.1) is 0 Å². The van der Waals surface area contributed by atoms with Crippen LogP contribution in [-0.2, 0) is 0 Å². The van der Waals surface area contributed by atoms with E-state index in [1.165, 1.54) is 19.2 Å². The first-order valence-electron chi connectivity index (χ1n) is 5.59. The van der Waals surface area contributed by atoms with Crippen LogP contribution >= 0.6 is 11.6 Å². The summed E-state index contributed by atoms with van der Waals surface area (Å²) in [6, 6.07) is 7.97. The quantitative estimate of drug-likeness (QED) is 0.585. The molecule has 0 aliphatic rings. The molecule has 4 N–H and O–H groups in total. The average molecular weight is 294 g/mol. The van der Waals surface area contributed by atoms with Gasteiger partial charge in [-0.3, -0.25) is 4.79 Å². The largest absolute Gasteiger partial charge is 0.497 e. The van der Waals surface area contributed by atoms with Gasteiger partial charge in [-0.05, 0) is 24.3 Å². The van der Waals surface area contributed by atoms with Gasteiger partial charge in [-0.2, -0.15) is 0 Å². The molecule has 7 nitrogen and oxygen atoms in total. The van der Waals surface area contributed by atoms with Crippen LogP contribution in [0.2, 0.25) is 5.02 Å². The maximum atomic E-state index is 12.0. The van der Waals surface area contributed by atoms with E-state index in [-0.39, 0.29) is 5.69 Å². The maximum absolute atomic E-state index is 12.0. The predicted octanol–water partition coefficient (Wildman–Crippen LogP) is 1.68. The molecular formula is C12H12ClN5O2. The summed E-state index contributed by atoms with van der Waals surface area (Å²) in [4.78, 5) is 12.0. The van der Waals surface area contributed by atoms with Gasteiger partial charge in [0.15, 0.2) is 11.5 Å². The third kappa shape index (κ3) is 3.14. The normalized spacial score (nSPS) is 9.95. The third-order valence-electron chi connectivity index (χ3n) is 2.47. The highest BCUT2D eigenvalue weighted by Crippen LogP contribution is 2.26. The number of anilines is 2. The number of ether oxygens (including phenoxy) is 1. The molecule has 1 aromatic heterocycles. The number of methoxy groups -OCH3 is 1. The number of nitrogens with one attached hydrogen (secondary N) is 2. The number of halogens is 1. The maximum Gasteiger partial charge on any atom is 0.276 e. The van der Waals surface area contributed by atoms with Gasteiger partial charge in [-0.1, -0.05) is 11.6 Å². The van der Waals surface area contributed by atoms with Crippen molar-refractivity contribution in [1.29, 1.82) is 0 Å². The smallest absolute Gasteiger partial charge is 0.276 e. The Hall–Kier alpha value is -2.38. The molecule has 0 unspecified atom stereocenters. The molecule has 8 heteroatoms. The highest BCUT2D eigenvalue weighted by Gasteiger charge is 2.11. The van der Waals surface area contributed by atoms with E-state index in [0.29, 0.717) is 22.3 Å². The first-order chi connectivity index (χ1) is 9.63. The van der Waals surface area contributed by atoms with Crippen molar-refractivity contribution in [3.8, 4) is 5.75 Å². The molecule has 0 radical (unpaired) electrons. The lowest BCUT2D eigenvalue weighted by Gasteiger charge is -2.08. The molecule has 2 aromatic rings. The Morgan fingerprint density at radius 3 is 2.70 bits per heavy atom. The fourth-order valence-electron chi connectivity index (χ4n) is 1.44. The lowest BCUT2D eigenvalue weighted by molar-refractivity contribution is 0.102. The SMILES string of the molecule is COc1ccc(Cl)c(NC(=O)c2ccc(NN)nn2)c1. The standard InChI is InChI=1S/C12H12ClN5O2/c1-20-7-2-3-8(13)10(6-7)15-12(19)9-4-5-11(16-14)18-17-9/h2-6H,14H2,1H3,(H,15,19)(H,16,18). The Morgan fingerprint density at radius 2 is 2.10 bits per heavy atom. The van der Waals surface area contributed by atoms with E-state index < -0.39 is 5.91 Å². The summed E-state index contributed by atoms with van der Waals surface area (Å²) in [6.07, 6.45) is 0. The van der Waals surface area contributed by atoms with Crippen molar-refractivity contribution in [3.63, 3.8) is 0 Å². The van der Waals surface area contributed by atoms with Gasteiger partial charge >= 0.3 is 0 Å². The number of amides is 1. The minimum Gasteiger partial charge on any atom is -0.497 e. The van der Waals surface area contributed by atoms with E-state index in [9.17, 15) is 4.79 Å². The van der Waals surface area contributed by atoms with Gasteiger partial charge in [0.05, 0.1) is 17.8 Å². The fraction of sp³-hybridized carbons (Fsp3) is 0.0833. The number of nitrogens with two attached hydrogens (primary N) is 1. The second-order valence-electron chi connectivity index (χ2n) is 3.75. The minimum absolute atomic E-state index is 0.142. The zero-order chi connectivity index (χ0) is 14.5. The Kier molecular flexibility index (Phi) is 4.34. The summed E-state index contributed by atoms with van der Waals surface area (Å²) in [5.41, 5.74) is 2.90. The molecule has 0 fully saturated rings. The van der Waals surface area contributed by atoms with E-state index >= 15 is 0 Å². The number of hydrazine groups is 1. The number of rotatable bonds is 4. The molecule has 1 aromatic carbocycles. The zero-order valence-corrected chi connectivity index (χ0v) is 11.3. The summed E-state index contributed by atoms with van der Waals surface area (Å²) in [5, 5.41) is 10.5. The summed E-state index contributed by atoms with van der Waals surface area (Å²) in [6.45, 7) is 0. The van der Waals surface area contributed by atoms with E-state index in [2.05, 4.69) is 20.9 Å². The Balaban J connectivity index is 2.18. The predicted molar refractivity (Wildman–Crippen MR) is 75.8 cm³/mol. The molecule has 0 aliphatic carbocycles. The highest BCUT2D eigenvalue weighted by molar-refractivity contribution is 6.34. The summed E-state index contributed by atoms with van der Waals surface area (Å²) >= 11 is 6.00. The van der Waals surface area contributed by atoms with Gasteiger partial charge in [0.25, 0.3) is 5.91 Å². The molecule has 0 saturated heterocycles. The summed E-state index contributed by atoms with van der Waals surface area (Å²) < 4.78 is 5.07. The van der Waals surface area contributed by atoms with Gasteiger partial charge < -0.3 is 15.5 Å². The molecule has 0 spiro atoms. The number of hydrogen-bond acceptors (Lipinski definition) is 6. The fourth-order valence-corrected chi connectivity index (χ4v) is 1.61. The lowest BCUT2D eigenvalue weighted by atomic mass is 10.2. The number of hydrogen-bond donors (Lipinski definition) is 3. The van der Waals surface area contributed by atoms with Gasteiger partial charge in [0, 0.05) is 6.07 Å². The van der Waals surface area contributed by atoms with Gasteiger partial charge in [-0.15, -0.1) is 10.2 Å². The molecular weight excluding hydrogens is 282 g/mol. The number of carbonyl (C=O) groups is 1. The van der Waals surface area contributed by atoms with Gasteiger partial charge in [-0.25, -0.2) is 5.84 Å². The van der Waals surface area contributed by atoms with Crippen LogP contribution < -0.4 is 21.3 Å². The van der Waals surface area contributed by atoms with Gasteiger partial charge in [0.2, 0.25) is 0 Å². The number of nitrogen functional groups attached to an aromatic ring is 1. The van der Waals surface area contributed by atoms with Crippen LogP contribution in [0.15, 0.2) is 30.3 Å². The van der Waals surface area contributed by atoms with Crippen molar-refractivity contribution in [3.05, 3.63) is 41.0 Å². The van der Waals surface area contributed by atoms with Crippen molar-refractivity contribution in [2.24, 2.45) is 5.84 Å². The van der Waals surface area contributed by atoms with Crippen LogP contribution in [0.4, 0.5) is 11.5 Å². The molecule has 20 heavy (non-hydrogen) atoms. The second kappa shape index (κ2) is 6.18. The van der Waals surface area contributed by atoms with Crippen molar-refractivity contribution >= 4 is 29.0 Å². The molecule has 2 rings (SSSR count). The number of benzene rings is 1. The van der Waals surface area contributed by atoms with Crippen molar-refractivity contribution in [2.45, 2.75) is 0 Å². The molecule has 1 amide bonds. The molecule has 0 saturated carbocycles. The first-order valence-corrected chi connectivity index (χ1v) is 5.97. The summed E-state index contributed by atoms with van der Waals surface area (Å²) in [7, 11) is 1.53. The zero-order valence-electron chi connectivity index (χ0n) is 10.6. The Bertz CT molecular complexity index is 618. The van der Waals surface area contributed by atoms with Crippen molar-refractivity contribution in [2.75, 3.05) is 17.9 Å². The first kappa shape index (κ1) is 14.0. The topological polar surface area (TPSA) is 102 Å². The van der Waals surface area contributed by atoms with E-state index in [1.54, 1.807) is 18.2 Å². The number of carbonyl (C=O) groups excluding carboxylic acids is 1. The van der Waals surface area contributed by atoms with E-state index in [1.807, 2.05) is 0 Å². The molecule has 0 bridgehead atoms. The minimum atomic E-state index is -0.434. The Morgan fingerprint density at radius 1 is 1.30 bits per heavy atom. The lowest BCUT2D eigenvalue weighted by Crippen LogP contribution is -2.16. The summed E-state index contributed by atoms with van der Waals surface area (Å²) in [5.74, 6) is 5.68. The highest BCUT2D eigenvalue weighted by atomic mass is 35.5. The second-order valence-corrected chi connectivity index (χ2v) is 4.16. The van der Waals surface area contributed by atoms with E-state index in [0.717, 1.165) is 0 Å². The monoisotopic (exact) mass is 293 g/mol. The Labute approximate surface area is 120 Å². The van der Waals surface area contributed by atoms with Crippen LogP contribution in [0.25, 0.3) is 0 Å². The molecule has 0 atom stereocenters. The van der Waals surface area contributed by atoms with Crippen LogP contribution in [0.3, 0.4) is 0 Å².